The van der Waals surface area contributed by atoms with E-state index in [1.807, 2.05) is 0 Å². The zero-order valence-electron chi connectivity index (χ0n) is 15.1. The summed E-state index contributed by atoms with van der Waals surface area (Å²) in [6.07, 6.45) is 2.70. The maximum atomic E-state index is 12.7. The Morgan fingerprint density at radius 1 is 1.08 bits per heavy atom. The Morgan fingerprint density at radius 2 is 1.73 bits per heavy atom. The smallest absolute Gasteiger partial charge is 0.326 e. The minimum Gasteiger partial charge on any atom is -0.481 e. The second-order valence-corrected chi connectivity index (χ2v) is 7.20. The van der Waals surface area contributed by atoms with Crippen LogP contribution in [0.5, 0.6) is 0 Å². The quantitative estimate of drug-likeness (QED) is 0.545. The molecule has 9 heteroatoms. The Hall–Kier alpha value is -2.16. The van der Waals surface area contributed by atoms with Gasteiger partial charge in [-0.15, -0.1) is 0 Å². The van der Waals surface area contributed by atoms with E-state index >= 15 is 0 Å². The largest absolute Gasteiger partial charge is 0.481 e. The highest BCUT2D eigenvalue weighted by molar-refractivity contribution is 5.94. The molecule has 2 atom stereocenters. The van der Waals surface area contributed by atoms with E-state index in [2.05, 4.69) is 10.2 Å². The molecule has 0 aromatic heterocycles. The molecule has 2 amide bonds. The molecular weight excluding hydrogens is 342 g/mol. The van der Waals surface area contributed by atoms with E-state index in [4.69, 9.17) is 5.11 Å². The third-order valence-electron chi connectivity index (χ3n) is 5.24. The molecule has 0 bridgehead atoms. The summed E-state index contributed by atoms with van der Waals surface area (Å²) in [5.41, 5.74) is -1.10. The van der Waals surface area contributed by atoms with Crippen molar-refractivity contribution in [2.24, 2.45) is 0 Å². The van der Waals surface area contributed by atoms with E-state index in [0.717, 1.165) is 25.9 Å². The molecule has 3 N–H and O–H groups in total. The van der Waals surface area contributed by atoms with Gasteiger partial charge in [-0.05, 0) is 52.1 Å². The number of carboxylic acids is 2. The summed E-state index contributed by atoms with van der Waals surface area (Å²) < 4.78 is 0. The third kappa shape index (κ3) is 4.72. The van der Waals surface area contributed by atoms with Crippen LogP contribution in [0.25, 0.3) is 0 Å². The lowest BCUT2D eigenvalue weighted by molar-refractivity contribution is -0.148. The molecule has 0 spiro atoms. The van der Waals surface area contributed by atoms with Gasteiger partial charge in [0, 0.05) is 13.0 Å². The zero-order valence-corrected chi connectivity index (χ0v) is 15.1. The highest BCUT2D eigenvalue weighted by Gasteiger charge is 2.46. The molecular formula is C17H27N3O6. The lowest BCUT2D eigenvalue weighted by Gasteiger charge is -2.35. The van der Waals surface area contributed by atoms with Crippen LogP contribution >= 0.6 is 0 Å². The number of carbonyl (C=O) groups is 4. The molecule has 2 heterocycles. The van der Waals surface area contributed by atoms with Crippen LogP contribution in [0, 0.1) is 0 Å². The SMILES string of the molecule is C[C@@]1(C(=O)N[C@@H](CCC(=O)O)C(=O)O)CCCN1C(=O)CN1CCCC1. The van der Waals surface area contributed by atoms with Crippen molar-refractivity contribution >= 4 is 23.8 Å². The monoisotopic (exact) mass is 369 g/mol. The third-order valence-corrected chi connectivity index (χ3v) is 5.24. The molecule has 0 radical (unpaired) electrons. The molecule has 0 unspecified atom stereocenters. The number of nitrogens with one attached hydrogen (secondary N) is 1. The van der Waals surface area contributed by atoms with Crippen LogP contribution in [0.3, 0.4) is 0 Å². The first-order valence-electron chi connectivity index (χ1n) is 9.02. The summed E-state index contributed by atoms with van der Waals surface area (Å²) in [6.45, 7) is 4.12. The van der Waals surface area contributed by atoms with E-state index in [-0.39, 0.29) is 25.3 Å². The van der Waals surface area contributed by atoms with E-state index < -0.39 is 29.4 Å². The predicted octanol–water partition coefficient (Wildman–Crippen LogP) is -0.102. The van der Waals surface area contributed by atoms with Crippen molar-refractivity contribution in [1.29, 1.82) is 0 Å². The lowest BCUT2D eigenvalue weighted by atomic mass is 9.96. The Kier molecular flexibility index (Phi) is 6.57. The van der Waals surface area contributed by atoms with Crippen molar-refractivity contribution in [2.75, 3.05) is 26.2 Å². The highest BCUT2D eigenvalue weighted by atomic mass is 16.4. The molecule has 26 heavy (non-hydrogen) atoms. The lowest BCUT2D eigenvalue weighted by Crippen LogP contribution is -2.59. The van der Waals surface area contributed by atoms with Crippen molar-refractivity contribution in [3.05, 3.63) is 0 Å². The number of rotatable bonds is 8. The molecule has 146 valence electrons. The molecule has 0 saturated carbocycles. The van der Waals surface area contributed by atoms with Crippen LogP contribution in [-0.2, 0) is 19.2 Å². The van der Waals surface area contributed by atoms with E-state index in [1.165, 1.54) is 4.90 Å². The molecule has 0 aromatic rings. The molecule has 2 saturated heterocycles. The Balaban J connectivity index is 2.02. The Morgan fingerprint density at radius 3 is 2.31 bits per heavy atom. The van der Waals surface area contributed by atoms with Crippen LogP contribution < -0.4 is 5.32 Å². The summed E-state index contributed by atoms with van der Waals surface area (Å²) in [6, 6.07) is -1.29. The zero-order chi connectivity index (χ0) is 19.3. The fourth-order valence-electron chi connectivity index (χ4n) is 3.66. The minimum absolute atomic E-state index is 0.125. The minimum atomic E-state index is -1.29. The number of carboxylic acid groups (broad SMARTS) is 2. The Labute approximate surface area is 152 Å². The molecule has 2 rings (SSSR count). The molecule has 9 nitrogen and oxygen atoms in total. The number of likely N-dealkylation sites (tertiary alicyclic amines) is 2. The number of hydrogen-bond acceptors (Lipinski definition) is 5. The fourth-order valence-corrected chi connectivity index (χ4v) is 3.66. The summed E-state index contributed by atoms with van der Waals surface area (Å²) in [7, 11) is 0. The number of carbonyl (C=O) groups excluding carboxylic acids is 2. The van der Waals surface area contributed by atoms with Gasteiger partial charge in [-0.3, -0.25) is 19.3 Å². The molecule has 0 aliphatic carbocycles. The van der Waals surface area contributed by atoms with Gasteiger partial charge in [0.1, 0.15) is 11.6 Å². The summed E-state index contributed by atoms with van der Waals surface area (Å²) in [5.74, 6) is -3.07. The van der Waals surface area contributed by atoms with Crippen molar-refractivity contribution in [1.82, 2.24) is 15.1 Å². The van der Waals surface area contributed by atoms with Crippen LogP contribution in [0.4, 0.5) is 0 Å². The average Bonchev–Trinajstić information content (AvgIpc) is 3.20. The van der Waals surface area contributed by atoms with Gasteiger partial charge in [-0.2, -0.15) is 0 Å². The van der Waals surface area contributed by atoms with Crippen molar-refractivity contribution < 1.29 is 29.4 Å². The van der Waals surface area contributed by atoms with Crippen LogP contribution in [0.1, 0.15) is 45.4 Å². The van der Waals surface area contributed by atoms with Gasteiger partial charge in [0.25, 0.3) is 0 Å². The van der Waals surface area contributed by atoms with Crippen LogP contribution in [0.2, 0.25) is 0 Å². The first-order chi connectivity index (χ1) is 12.2. The van der Waals surface area contributed by atoms with Gasteiger partial charge in [0.2, 0.25) is 11.8 Å². The standard InChI is InChI=1S/C17H27N3O6/c1-17(16(26)18-12(15(24)25)5-6-14(22)23)7-4-10-20(17)13(21)11-19-8-2-3-9-19/h12H,2-11H2,1H3,(H,18,26)(H,22,23)(H,24,25)/t12-,17-/m0/s1. The van der Waals surface area contributed by atoms with Gasteiger partial charge in [-0.1, -0.05) is 0 Å². The van der Waals surface area contributed by atoms with E-state index in [1.54, 1.807) is 6.92 Å². The number of amides is 2. The summed E-state index contributed by atoms with van der Waals surface area (Å²) in [4.78, 5) is 51.0. The fraction of sp³-hybridized carbons (Fsp3) is 0.765. The maximum Gasteiger partial charge on any atom is 0.326 e. The first kappa shape index (κ1) is 20.2. The number of nitrogens with zero attached hydrogens (tertiary/aromatic N) is 2. The van der Waals surface area contributed by atoms with Gasteiger partial charge in [0.05, 0.1) is 6.54 Å². The average molecular weight is 369 g/mol. The number of hydrogen-bond donors (Lipinski definition) is 3. The summed E-state index contributed by atoms with van der Waals surface area (Å²) >= 11 is 0. The summed E-state index contributed by atoms with van der Waals surface area (Å²) in [5, 5.41) is 20.4. The first-order valence-corrected chi connectivity index (χ1v) is 9.02. The molecule has 2 aliphatic rings. The normalized spacial score (nSPS) is 24.4. The second-order valence-electron chi connectivity index (χ2n) is 7.20. The van der Waals surface area contributed by atoms with Gasteiger partial charge < -0.3 is 20.4 Å². The maximum absolute atomic E-state index is 12.7. The Bertz CT molecular complexity index is 575. The molecule has 2 fully saturated rings. The van der Waals surface area contributed by atoms with Crippen molar-refractivity contribution in [3.8, 4) is 0 Å². The molecule has 2 aliphatic heterocycles. The van der Waals surface area contributed by atoms with Crippen LogP contribution in [-0.4, -0.2) is 81.5 Å². The van der Waals surface area contributed by atoms with Gasteiger partial charge in [-0.25, -0.2) is 4.79 Å². The van der Waals surface area contributed by atoms with Crippen molar-refractivity contribution in [2.45, 2.75) is 57.0 Å². The van der Waals surface area contributed by atoms with E-state index in [9.17, 15) is 24.3 Å². The molecule has 0 aromatic carbocycles. The highest BCUT2D eigenvalue weighted by Crippen LogP contribution is 2.30. The van der Waals surface area contributed by atoms with Crippen LogP contribution in [0.15, 0.2) is 0 Å². The number of aliphatic carboxylic acids is 2. The second kappa shape index (κ2) is 8.48. The van der Waals surface area contributed by atoms with Crippen molar-refractivity contribution in [3.63, 3.8) is 0 Å². The van der Waals surface area contributed by atoms with Gasteiger partial charge >= 0.3 is 11.9 Å². The topological polar surface area (TPSA) is 127 Å². The predicted molar refractivity (Wildman–Crippen MR) is 91.5 cm³/mol. The van der Waals surface area contributed by atoms with Gasteiger partial charge in [0.15, 0.2) is 0 Å². The van der Waals surface area contributed by atoms with E-state index in [0.29, 0.717) is 19.4 Å².